The predicted octanol–water partition coefficient (Wildman–Crippen LogP) is -2.19. The number of nitrogens with two attached hydrogens (primary N) is 1. The van der Waals surface area contributed by atoms with Crippen molar-refractivity contribution in [2.24, 2.45) is 5.73 Å². The Morgan fingerprint density at radius 2 is 1.94 bits per heavy atom. The lowest BCUT2D eigenvalue weighted by Crippen LogP contribution is -2.42. The van der Waals surface area contributed by atoms with Crippen molar-refractivity contribution in [3.63, 3.8) is 0 Å². The number of amides is 2. The number of hydrogen-bond donors (Lipinski definition) is 4. The lowest BCUT2D eigenvalue weighted by Gasteiger charge is -2.12. The van der Waals surface area contributed by atoms with Gasteiger partial charge in [0.25, 0.3) is 0 Å². The zero-order chi connectivity index (χ0) is 13.5. The van der Waals surface area contributed by atoms with Crippen LogP contribution in [-0.4, -0.2) is 54.7 Å². The number of ether oxygens (including phenoxy) is 1. The minimum Gasteiger partial charge on any atom is -0.480 e. The molecule has 0 saturated carbocycles. The molecule has 2 amide bonds. The summed E-state index contributed by atoms with van der Waals surface area (Å²) in [7, 11) is 0. The van der Waals surface area contributed by atoms with Gasteiger partial charge in [0.15, 0.2) is 0 Å². The van der Waals surface area contributed by atoms with E-state index < -0.39 is 24.5 Å². The summed E-state index contributed by atoms with van der Waals surface area (Å²) in [6.45, 7) is -0.369. The first-order chi connectivity index (χ1) is 8.52. The van der Waals surface area contributed by atoms with Crippen LogP contribution in [0.4, 0.5) is 0 Å². The summed E-state index contributed by atoms with van der Waals surface area (Å²) in [5.74, 6) is -2.07. The highest BCUT2D eigenvalue weighted by atomic mass is 16.5. The maximum absolute atomic E-state index is 11.6. The zero-order valence-corrected chi connectivity index (χ0v) is 9.85. The molecule has 5 N–H and O–H groups in total. The van der Waals surface area contributed by atoms with Gasteiger partial charge in [-0.1, -0.05) is 0 Å². The molecule has 1 aliphatic rings. The van der Waals surface area contributed by atoms with Crippen LogP contribution in [0.25, 0.3) is 0 Å². The van der Waals surface area contributed by atoms with Gasteiger partial charge < -0.3 is 26.2 Å². The van der Waals surface area contributed by atoms with Gasteiger partial charge in [-0.3, -0.25) is 14.4 Å². The van der Waals surface area contributed by atoms with Crippen molar-refractivity contribution in [2.75, 3.05) is 19.6 Å². The maximum atomic E-state index is 11.6. The fraction of sp³-hybridized carbons (Fsp3) is 0.700. The van der Waals surface area contributed by atoms with Gasteiger partial charge in [0, 0.05) is 6.54 Å². The first-order valence-corrected chi connectivity index (χ1v) is 5.64. The Morgan fingerprint density at radius 3 is 2.50 bits per heavy atom. The average Bonchev–Trinajstić information content (AvgIpc) is 2.82. The van der Waals surface area contributed by atoms with Gasteiger partial charge in [-0.05, 0) is 12.8 Å². The number of carbonyl (C=O) groups is 3. The van der Waals surface area contributed by atoms with Crippen LogP contribution in [0.1, 0.15) is 12.8 Å². The molecule has 0 aromatic heterocycles. The van der Waals surface area contributed by atoms with Crippen molar-refractivity contribution in [1.82, 2.24) is 10.6 Å². The molecule has 102 valence electrons. The molecule has 2 unspecified atom stereocenters. The van der Waals surface area contributed by atoms with Gasteiger partial charge in [0.1, 0.15) is 12.6 Å². The summed E-state index contributed by atoms with van der Waals surface area (Å²) >= 11 is 0. The van der Waals surface area contributed by atoms with E-state index in [9.17, 15) is 14.4 Å². The van der Waals surface area contributed by atoms with Crippen molar-refractivity contribution in [3.05, 3.63) is 0 Å². The second-order valence-electron chi connectivity index (χ2n) is 3.95. The molecule has 0 bridgehead atoms. The van der Waals surface area contributed by atoms with Crippen LogP contribution in [0.2, 0.25) is 0 Å². The molecule has 1 aliphatic heterocycles. The van der Waals surface area contributed by atoms with Crippen LogP contribution >= 0.6 is 0 Å². The lowest BCUT2D eigenvalue weighted by atomic mass is 10.2. The molecule has 1 saturated heterocycles. The number of rotatable bonds is 6. The summed E-state index contributed by atoms with van der Waals surface area (Å²) in [5, 5.41) is 12.9. The van der Waals surface area contributed by atoms with Crippen LogP contribution in [0.5, 0.6) is 0 Å². The second kappa shape index (κ2) is 6.92. The molecule has 1 fully saturated rings. The van der Waals surface area contributed by atoms with Gasteiger partial charge in [-0.25, -0.2) is 0 Å². The van der Waals surface area contributed by atoms with Gasteiger partial charge >= 0.3 is 5.97 Å². The summed E-state index contributed by atoms with van der Waals surface area (Å²) < 4.78 is 5.34. The molecule has 0 aliphatic carbocycles. The molecular weight excluding hydrogens is 242 g/mol. The largest absolute Gasteiger partial charge is 0.480 e. The molecule has 2 atom stereocenters. The van der Waals surface area contributed by atoms with E-state index >= 15 is 0 Å². The third-order valence-corrected chi connectivity index (χ3v) is 2.52. The Balaban J connectivity index is 2.21. The van der Waals surface area contributed by atoms with E-state index in [2.05, 4.69) is 10.6 Å². The van der Waals surface area contributed by atoms with Crippen molar-refractivity contribution in [1.29, 1.82) is 0 Å². The fourth-order valence-corrected chi connectivity index (χ4v) is 1.59. The van der Waals surface area contributed by atoms with E-state index in [1.54, 1.807) is 0 Å². The quantitative estimate of drug-likeness (QED) is 0.428. The normalized spacial score (nSPS) is 22.5. The predicted molar refractivity (Wildman–Crippen MR) is 60.6 cm³/mol. The van der Waals surface area contributed by atoms with E-state index in [1.165, 1.54) is 0 Å². The van der Waals surface area contributed by atoms with E-state index in [0.717, 1.165) is 6.42 Å². The molecule has 8 heteroatoms. The summed E-state index contributed by atoms with van der Waals surface area (Å²) in [6, 6.07) is 0. The van der Waals surface area contributed by atoms with Crippen molar-refractivity contribution >= 4 is 17.8 Å². The number of carboxylic acids is 1. The summed E-state index contributed by atoms with van der Waals surface area (Å²) in [4.78, 5) is 32.9. The number of carbonyl (C=O) groups excluding carboxylic acids is 2. The molecule has 8 nitrogen and oxygen atoms in total. The third kappa shape index (κ3) is 4.68. The summed E-state index contributed by atoms with van der Waals surface area (Å²) in [6.07, 6.45) is 0.608. The Bertz CT molecular complexity index is 333. The molecule has 0 aromatic carbocycles. The van der Waals surface area contributed by atoms with Gasteiger partial charge in [-0.15, -0.1) is 0 Å². The first-order valence-electron chi connectivity index (χ1n) is 5.64. The van der Waals surface area contributed by atoms with E-state index in [1.807, 2.05) is 0 Å². The topological polar surface area (TPSA) is 131 Å². The van der Waals surface area contributed by atoms with Crippen LogP contribution in [0.3, 0.4) is 0 Å². The number of nitrogens with one attached hydrogen (secondary N) is 2. The minimum absolute atomic E-state index is 0.110. The zero-order valence-electron chi connectivity index (χ0n) is 9.85. The standard InChI is InChI=1S/C10H17N3O5/c11-3-6-1-2-7(18-6)10(17)13-4-8(14)12-5-9(15)16/h6-7H,1-5,11H2,(H,12,14)(H,13,17)(H,15,16). The van der Waals surface area contributed by atoms with Crippen molar-refractivity contribution in [3.8, 4) is 0 Å². The third-order valence-electron chi connectivity index (χ3n) is 2.52. The molecular formula is C10H17N3O5. The minimum atomic E-state index is -1.14. The second-order valence-corrected chi connectivity index (χ2v) is 3.95. The lowest BCUT2D eigenvalue weighted by molar-refractivity contribution is -0.138. The summed E-state index contributed by atoms with van der Waals surface area (Å²) in [5.41, 5.74) is 5.41. The Kier molecular flexibility index (Phi) is 5.53. The monoisotopic (exact) mass is 259 g/mol. The van der Waals surface area contributed by atoms with Gasteiger partial charge in [0.05, 0.1) is 12.6 Å². The average molecular weight is 259 g/mol. The fourth-order valence-electron chi connectivity index (χ4n) is 1.59. The van der Waals surface area contributed by atoms with E-state index in [-0.39, 0.29) is 18.6 Å². The maximum Gasteiger partial charge on any atom is 0.322 e. The molecule has 0 spiro atoms. The SMILES string of the molecule is NCC1CCC(C(=O)NCC(=O)NCC(=O)O)O1. The Labute approximate surface area is 104 Å². The van der Waals surface area contributed by atoms with Gasteiger partial charge in [0.2, 0.25) is 11.8 Å². The highest BCUT2D eigenvalue weighted by molar-refractivity contribution is 5.88. The smallest absolute Gasteiger partial charge is 0.322 e. The number of carboxylic acid groups (broad SMARTS) is 1. The molecule has 1 rings (SSSR count). The number of aliphatic carboxylic acids is 1. The first kappa shape index (κ1) is 14.4. The molecule has 1 heterocycles. The van der Waals surface area contributed by atoms with E-state index in [4.69, 9.17) is 15.6 Å². The van der Waals surface area contributed by atoms with Crippen molar-refractivity contribution in [2.45, 2.75) is 25.0 Å². The highest BCUT2D eigenvalue weighted by Crippen LogP contribution is 2.18. The van der Waals surface area contributed by atoms with E-state index in [0.29, 0.717) is 13.0 Å². The molecule has 18 heavy (non-hydrogen) atoms. The van der Waals surface area contributed by atoms with Crippen LogP contribution in [0.15, 0.2) is 0 Å². The molecule has 0 radical (unpaired) electrons. The van der Waals surface area contributed by atoms with Crippen LogP contribution in [-0.2, 0) is 19.1 Å². The van der Waals surface area contributed by atoms with Crippen LogP contribution in [0, 0.1) is 0 Å². The molecule has 0 aromatic rings. The van der Waals surface area contributed by atoms with Gasteiger partial charge in [-0.2, -0.15) is 0 Å². The Morgan fingerprint density at radius 1 is 1.22 bits per heavy atom. The van der Waals surface area contributed by atoms with Crippen LogP contribution < -0.4 is 16.4 Å². The Hall–Kier alpha value is -1.67. The number of hydrogen-bond acceptors (Lipinski definition) is 5. The van der Waals surface area contributed by atoms with Crippen molar-refractivity contribution < 1.29 is 24.2 Å². The highest BCUT2D eigenvalue weighted by Gasteiger charge is 2.29.